The molecule has 7 heteroatoms. The second-order valence-corrected chi connectivity index (χ2v) is 10.2. The maximum Gasteiger partial charge on any atom is 0.252 e. The second-order valence-electron chi connectivity index (χ2n) is 10.2. The summed E-state index contributed by atoms with van der Waals surface area (Å²) in [6.07, 6.45) is 7.89. The van der Waals surface area contributed by atoms with Gasteiger partial charge in [0.1, 0.15) is 0 Å². The summed E-state index contributed by atoms with van der Waals surface area (Å²) in [5.41, 5.74) is 2.67. The molecule has 1 saturated carbocycles. The van der Waals surface area contributed by atoms with Crippen LogP contribution in [0.5, 0.6) is 0 Å². The third-order valence-corrected chi connectivity index (χ3v) is 7.58. The van der Waals surface area contributed by atoms with Crippen molar-refractivity contribution in [1.29, 1.82) is 0 Å². The van der Waals surface area contributed by atoms with Crippen LogP contribution in [0, 0.1) is 6.92 Å². The van der Waals surface area contributed by atoms with Gasteiger partial charge in [0.05, 0.1) is 17.1 Å². The third kappa shape index (κ3) is 4.74. The lowest BCUT2D eigenvalue weighted by atomic mass is 9.91. The number of hydrogen-bond donors (Lipinski definition) is 1. The summed E-state index contributed by atoms with van der Waals surface area (Å²) in [6.45, 7) is 11.4. The van der Waals surface area contributed by atoms with Crippen LogP contribution in [0.2, 0.25) is 0 Å². The fourth-order valence-electron chi connectivity index (χ4n) is 5.20. The number of nitrogens with zero attached hydrogens (tertiary/aromatic N) is 5. The van der Waals surface area contributed by atoms with Gasteiger partial charge in [-0.25, -0.2) is 4.68 Å². The Kier molecular flexibility index (Phi) is 6.98. The van der Waals surface area contributed by atoms with Gasteiger partial charge in [-0.3, -0.25) is 9.69 Å². The van der Waals surface area contributed by atoms with E-state index in [4.69, 9.17) is 0 Å². The number of fused-ring (bicyclic) bond motifs is 1. The van der Waals surface area contributed by atoms with Crippen LogP contribution in [0.1, 0.15) is 95.6 Å². The summed E-state index contributed by atoms with van der Waals surface area (Å²) in [5, 5.41) is 14.1. The van der Waals surface area contributed by atoms with Crippen LogP contribution in [0.3, 0.4) is 0 Å². The van der Waals surface area contributed by atoms with E-state index in [1.807, 2.05) is 17.7 Å². The maximum absolute atomic E-state index is 13.1. The number of H-pyrrole nitrogens is 1. The Morgan fingerprint density at radius 3 is 2.67 bits per heavy atom. The molecular formula is C26H38N6O. The average Bonchev–Trinajstić information content (AvgIpc) is 3.31. The van der Waals surface area contributed by atoms with Crippen molar-refractivity contribution < 1.29 is 0 Å². The molecular weight excluding hydrogens is 412 g/mol. The van der Waals surface area contributed by atoms with Crippen LogP contribution in [-0.4, -0.2) is 36.1 Å². The van der Waals surface area contributed by atoms with Gasteiger partial charge in [0.2, 0.25) is 0 Å². The van der Waals surface area contributed by atoms with Gasteiger partial charge in [-0.15, -0.1) is 5.10 Å². The molecule has 0 radical (unpaired) electrons. The number of para-hydroxylation sites is 1. The number of rotatable bonds is 8. The lowest BCUT2D eigenvalue weighted by Gasteiger charge is -2.40. The Morgan fingerprint density at radius 2 is 1.97 bits per heavy atom. The highest BCUT2D eigenvalue weighted by molar-refractivity contribution is 5.81. The van der Waals surface area contributed by atoms with Crippen molar-refractivity contribution >= 4 is 10.9 Å². The molecule has 1 aliphatic carbocycles. The van der Waals surface area contributed by atoms with E-state index >= 15 is 0 Å². The monoisotopic (exact) mass is 450 g/mol. The first-order valence-electron chi connectivity index (χ1n) is 12.5. The van der Waals surface area contributed by atoms with Crippen molar-refractivity contribution in [2.45, 2.75) is 104 Å². The highest BCUT2D eigenvalue weighted by Gasteiger charge is 2.34. The fourth-order valence-corrected chi connectivity index (χ4v) is 5.20. The zero-order valence-corrected chi connectivity index (χ0v) is 20.8. The van der Waals surface area contributed by atoms with E-state index in [1.165, 1.54) is 19.3 Å². The first kappa shape index (κ1) is 23.6. The Hall–Kier alpha value is -2.54. The van der Waals surface area contributed by atoms with Gasteiger partial charge >= 0.3 is 0 Å². The van der Waals surface area contributed by atoms with E-state index in [0.29, 0.717) is 12.6 Å². The summed E-state index contributed by atoms with van der Waals surface area (Å²) in [5.74, 6) is 0.906. The molecule has 3 aromatic rings. The molecule has 1 atom stereocenters. The lowest BCUT2D eigenvalue weighted by Crippen LogP contribution is -2.42. The molecule has 0 amide bonds. The van der Waals surface area contributed by atoms with Crippen LogP contribution in [0.4, 0.5) is 0 Å². The third-order valence-electron chi connectivity index (χ3n) is 7.58. The summed E-state index contributed by atoms with van der Waals surface area (Å²) in [6, 6.07) is 8.72. The summed E-state index contributed by atoms with van der Waals surface area (Å²) in [7, 11) is 0. The van der Waals surface area contributed by atoms with Crippen LogP contribution in [0.15, 0.2) is 29.1 Å². The average molecular weight is 451 g/mol. The molecule has 2 heterocycles. The number of aromatic amines is 1. The number of hydrogen-bond acceptors (Lipinski definition) is 5. The molecule has 0 unspecified atom stereocenters. The summed E-state index contributed by atoms with van der Waals surface area (Å²) >= 11 is 0. The number of aryl methyl sites for hydroxylation is 1. The van der Waals surface area contributed by atoms with Crippen molar-refractivity contribution in [3.8, 4) is 0 Å². The number of nitrogens with one attached hydrogen (secondary N) is 1. The standard InChI is InChI=1S/C26H38N6O/c1-6-22(24-28-29-30-32(24)26(4,5)7-2)31(21-14-9-8-10-15-21)17-20-16-19-13-11-12-18(3)23(19)27-25(20)33/h11-13,16,21-22H,6-10,14-15,17H2,1-5H3,(H,27,33)/t22-/m0/s1. The number of tetrazole rings is 1. The molecule has 4 rings (SSSR count). The largest absolute Gasteiger partial charge is 0.321 e. The molecule has 33 heavy (non-hydrogen) atoms. The normalized spacial score (nSPS) is 16.5. The van der Waals surface area contributed by atoms with Crippen LogP contribution in [-0.2, 0) is 12.1 Å². The van der Waals surface area contributed by atoms with Gasteiger partial charge in [0, 0.05) is 18.2 Å². The molecule has 7 nitrogen and oxygen atoms in total. The maximum atomic E-state index is 13.1. The molecule has 178 valence electrons. The van der Waals surface area contributed by atoms with E-state index in [9.17, 15) is 4.79 Å². The minimum absolute atomic E-state index is 0.000873. The minimum Gasteiger partial charge on any atom is -0.321 e. The molecule has 1 fully saturated rings. The van der Waals surface area contributed by atoms with Gasteiger partial charge < -0.3 is 4.98 Å². The van der Waals surface area contributed by atoms with Gasteiger partial charge in [-0.2, -0.15) is 0 Å². The number of pyridine rings is 1. The number of benzene rings is 1. The van der Waals surface area contributed by atoms with Crippen molar-refractivity contribution in [3.05, 3.63) is 51.6 Å². The van der Waals surface area contributed by atoms with E-state index in [1.54, 1.807) is 0 Å². The minimum atomic E-state index is -0.164. The van der Waals surface area contributed by atoms with E-state index < -0.39 is 0 Å². The van der Waals surface area contributed by atoms with Gasteiger partial charge in [-0.1, -0.05) is 51.3 Å². The van der Waals surface area contributed by atoms with Crippen molar-refractivity contribution in [1.82, 2.24) is 30.1 Å². The highest BCUT2D eigenvalue weighted by Crippen LogP contribution is 2.34. The Bertz CT molecular complexity index is 1140. The first-order valence-corrected chi connectivity index (χ1v) is 12.5. The number of aromatic nitrogens is 5. The SMILES string of the molecule is CC[C@@H](c1nnnn1C(C)(C)CC)N(Cc1cc2cccc(C)c2[nH]c1=O)C1CCCCC1. The van der Waals surface area contributed by atoms with Crippen molar-refractivity contribution in [2.75, 3.05) is 0 Å². The molecule has 1 aromatic carbocycles. The van der Waals surface area contributed by atoms with E-state index in [0.717, 1.165) is 53.5 Å². The smallest absolute Gasteiger partial charge is 0.252 e. The highest BCUT2D eigenvalue weighted by atomic mass is 16.1. The quantitative estimate of drug-likeness (QED) is 0.507. The van der Waals surface area contributed by atoms with Gasteiger partial charge in [-0.05, 0) is 73.9 Å². The van der Waals surface area contributed by atoms with Gasteiger partial charge in [0.15, 0.2) is 5.82 Å². The van der Waals surface area contributed by atoms with Crippen LogP contribution < -0.4 is 5.56 Å². The summed E-state index contributed by atoms with van der Waals surface area (Å²) < 4.78 is 2.00. The molecule has 0 saturated heterocycles. The second kappa shape index (κ2) is 9.75. The van der Waals surface area contributed by atoms with Crippen LogP contribution in [0.25, 0.3) is 10.9 Å². The first-order chi connectivity index (χ1) is 15.9. The van der Waals surface area contributed by atoms with E-state index in [-0.39, 0.29) is 17.1 Å². The van der Waals surface area contributed by atoms with Gasteiger partial charge in [0.25, 0.3) is 5.56 Å². The predicted molar refractivity (Wildman–Crippen MR) is 132 cm³/mol. The molecule has 0 aliphatic heterocycles. The zero-order valence-electron chi connectivity index (χ0n) is 20.8. The molecule has 2 aromatic heterocycles. The molecule has 1 N–H and O–H groups in total. The molecule has 0 bridgehead atoms. The Morgan fingerprint density at radius 1 is 1.21 bits per heavy atom. The van der Waals surface area contributed by atoms with Crippen LogP contribution >= 0.6 is 0 Å². The molecule has 0 spiro atoms. The van der Waals surface area contributed by atoms with Crippen molar-refractivity contribution in [3.63, 3.8) is 0 Å². The fraction of sp³-hybridized carbons (Fsp3) is 0.615. The topological polar surface area (TPSA) is 79.7 Å². The Balaban J connectivity index is 1.76. The van der Waals surface area contributed by atoms with Crippen molar-refractivity contribution in [2.24, 2.45) is 0 Å². The predicted octanol–water partition coefficient (Wildman–Crippen LogP) is 5.25. The van der Waals surface area contributed by atoms with E-state index in [2.05, 4.69) is 71.3 Å². The zero-order chi connectivity index (χ0) is 23.6. The molecule has 1 aliphatic rings. The Labute approximate surface area is 196 Å². The lowest BCUT2D eigenvalue weighted by molar-refractivity contribution is 0.0801. The summed E-state index contributed by atoms with van der Waals surface area (Å²) in [4.78, 5) is 18.8.